The first-order valence-electron chi connectivity index (χ1n) is 7.67. The van der Waals surface area contributed by atoms with Crippen LogP contribution in [0.25, 0.3) is 0 Å². The molecule has 0 saturated carbocycles. The molecule has 2 unspecified atom stereocenters. The second kappa shape index (κ2) is 7.25. The Bertz CT molecular complexity index is 459. The molecule has 1 aromatic rings. The van der Waals surface area contributed by atoms with Gasteiger partial charge in [0, 0.05) is 32.7 Å². The fourth-order valence-corrected chi connectivity index (χ4v) is 2.87. The zero-order valence-electron chi connectivity index (χ0n) is 13.3. The van der Waals surface area contributed by atoms with Gasteiger partial charge in [-0.1, -0.05) is 6.07 Å². The number of ether oxygens (including phenoxy) is 2. The Hall–Kier alpha value is -1.10. The molecule has 0 fully saturated rings. The van der Waals surface area contributed by atoms with Crippen LogP contribution in [0.1, 0.15) is 43.4 Å². The van der Waals surface area contributed by atoms with E-state index in [0.29, 0.717) is 19.6 Å². The Morgan fingerprint density at radius 3 is 2.90 bits per heavy atom. The van der Waals surface area contributed by atoms with E-state index in [0.717, 1.165) is 18.6 Å². The summed E-state index contributed by atoms with van der Waals surface area (Å²) in [4.78, 5) is 0. The highest BCUT2D eigenvalue weighted by Crippen LogP contribution is 2.32. The van der Waals surface area contributed by atoms with Gasteiger partial charge in [-0.15, -0.1) is 0 Å². The lowest BCUT2D eigenvalue weighted by Crippen LogP contribution is -2.41. The summed E-state index contributed by atoms with van der Waals surface area (Å²) in [6.07, 6.45) is 4.03. The molecule has 0 aromatic heterocycles. The summed E-state index contributed by atoms with van der Waals surface area (Å²) in [6, 6.07) is 6.59. The summed E-state index contributed by atoms with van der Waals surface area (Å²) in [5, 5.41) is 13.9. The van der Waals surface area contributed by atoms with Crippen LogP contribution in [0.4, 0.5) is 0 Å². The van der Waals surface area contributed by atoms with Gasteiger partial charge < -0.3 is 19.9 Å². The predicted molar refractivity (Wildman–Crippen MR) is 83.8 cm³/mol. The van der Waals surface area contributed by atoms with Gasteiger partial charge in [0.1, 0.15) is 5.75 Å². The summed E-state index contributed by atoms with van der Waals surface area (Å²) < 4.78 is 10.4. The molecule has 118 valence electrons. The zero-order chi connectivity index (χ0) is 15.3. The summed E-state index contributed by atoms with van der Waals surface area (Å²) in [6.45, 7) is 3.00. The number of methoxy groups -OCH3 is 2. The molecule has 0 amide bonds. The van der Waals surface area contributed by atoms with Crippen molar-refractivity contribution in [3.05, 3.63) is 29.3 Å². The Morgan fingerprint density at radius 2 is 2.19 bits per heavy atom. The molecule has 2 rings (SSSR count). The van der Waals surface area contributed by atoms with Crippen LogP contribution in [0.2, 0.25) is 0 Å². The van der Waals surface area contributed by atoms with Crippen molar-refractivity contribution >= 4 is 0 Å². The highest BCUT2D eigenvalue weighted by Gasteiger charge is 2.25. The number of fused-ring (bicyclic) bond motifs is 1. The quantitative estimate of drug-likeness (QED) is 0.811. The minimum atomic E-state index is -0.744. The molecule has 0 heterocycles. The fraction of sp³-hybridized carbons (Fsp3) is 0.647. The van der Waals surface area contributed by atoms with Crippen LogP contribution >= 0.6 is 0 Å². The van der Waals surface area contributed by atoms with Gasteiger partial charge in [-0.25, -0.2) is 0 Å². The fourth-order valence-electron chi connectivity index (χ4n) is 2.87. The van der Waals surface area contributed by atoms with Crippen LogP contribution in [0.3, 0.4) is 0 Å². The molecule has 0 radical (unpaired) electrons. The van der Waals surface area contributed by atoms with E-state index in [1.54, 1.807) is 14.2 Å². The molecule has 21 heavy (non-hydrogen) atoms. The molecular weight excluding hydrogens is 266 g/mol. The van der Waals surface area contributed by atoms with Crippen molar-refractivity contribution in [2.45, 2.75) is 44.2 Å². The van der Waals surface area contributed by atoms with E-state index in [4.69, 9.17) is 9.47 Å². The van der Waals surface area contributed by atoms with Gasteiger partial charge in [0.15, 0.2) is 0 Å². The molecule has 2 atom stereocenters. The average molecular weight is 293 g/mol. The van der Waals surface area contributed by atoms with Crippen LogP contribution in [0.5, 0.6) is 5.75 Å². The van der Waals surface area contributed by atoms with Crippen molar-refractivity contribution in [2.75, 3.05) is 27.4 Å². The Labute approximate surface area is 127 Å². The maximum absolute atomic E-state index is 10.4. The first kappa shape index (κ1) is 16.3. The molecule has 0 spiro atoms. The smallest absolute Gasteiger partial charge is 0.119 e. The predicted octanol–water partition coefficient (Wildman–Crippen LogP) is 2.45. The number of aliphatic hydroxyl groups is 1. The van der Waals surface area contributed by atoms with Gasteiger partial charge in [0.05, 0.1) is 12.7 Å². The molecular formula is C17H27NO3. The number of aryl methyl sites for hydroxylation is 1. The maximum atomic E-state index is 10.4. The molecule has 4 heteroatoms. The molecule has 0 saturated heterocycles. The van der Waals surface area contributed by atoms with Gasteiger partial charge >= 0.3 is 0 Å². The molecule has 1 aromatic carbocycles. The topological polar surface area (TPSA) is 50.7 Å². The average Bonchev–Trinajstić information content (AvgIpc) is 2.50. The summed E-state index contributed by atoms with van der Waals surface area (Å²) in [7, 11) is 3.36. The summed E-state index contributed by atoms with van der Waals surface area (Å²) in [5.41, 5.74) is 1.95. The van der Waals surface area contributed by atoms with Gasteiger partial charge in [0.25, 0.3) is 0 Å². The Morgan fingerprint density at radius 1 is 1.38 bits per heavy atom. The van der Waals surface area contributed by atoms with Crippen LogP contribution in [0, 0.1) is 0 Å². The van der Waals surface area contributed by atoms with Gasteiger partial charge in [-0.2, -0.15) is 0 Å². The van der Waals surface area contributed by atoms with Crippen LogP contribution in [-0.4, -0.2) is 38.1 Å². The largest absolute Gasteiger partial charge is 0.497 e. The van der Waals surface area contributed by atoms with Crippen LogP contribution in [0.15, 0.2) is 18.2 Å². The lowest BCUT2D eigenvalue weighted by atomic mass is 9.87. The summed E-state index contributed by atoms with van der Waals surface area (Å²) >= 11 is 0. The van der Waals surface area contributed by atoms with Crippen molar-refractivity contribution in [2.24, 2.45) is 0 Å². The van der Waals surface area contributed by atoms with Gasteiger partial charge in [-0.05, 0) is 49.4 Å². The monoisotopic (exact) mass is 293 g/mol. The van der Waals surface area contributed by atoms with Crippen LogP contribution in [-0.2, 0) is 11.2 Å². The highest BCUT2D eigenvalue weighted by atomic mass is 16.5. The first-order chi connectivity index (χ1) is 10.1. The van der Waals surface area contributed by atoms with Crippen LogP contribution < -0.4 is 10.1 Å². The first-order valence-corrected chi connectivity index (χ1v) is 7.67. The lowest BCUT2D eigenvalue weighted by Gasteiger charge is -2.31. The number of nitrogens with one attached hydrogen (secondary N) is 1. The Kier molecular flexibility index (Phi) is 5.62. The molecule has 0 aliphatic heterocycles. The van der Waals surface area contributed by atoms with E-state index < -0.39 is 5.60 Å². The third-order valence-corrected chi connectivity index (χ3v) is 4.24. The standard InChI is InChI=1S/C17H27NO3/c1-17(19,9-10-20-2)12-18-16-6-4-5-13-7-8-14(21-3)11-15(13)16/h7-8,11,16,18-19H,4-6,9-10,12H2,1-3H3. The van der Waals surface area contributed by atoms with E-state index in [2.05, 4.69) is 17.4 Å². The summed E-state index contributed by atoms with van der Waals surface area (Å²) in [5.74, 6) is 0.897. The highest BCUT2D eigenvalue weighted by molar-refractivity contribution is 5.39. The molecule has 4 nitrogen and oxygen atoms in total. The maximum Gasteiger partial charge on any atom is 0.119 e. The van der Waals surface area contributed by atoms with E-state index in [9.17, 15) is 5.11 Å². The number of benzene rings is 1. The van der Waals surface area contributed by atoms with Crippen molar-refractivity contribution in [1.82, 2.24) is 5.32 Å². The third-order valence-electron chi connectivity index (χ3n) is 4.24. The SMILES string of the molecule is COCCC(C)(O)CNC1CCCc2ccc(OC)cc21. The van der Waals surface area contributed by atoms with Gasteiger partial charge in [0.2, 0.25) is 0 Å². The third kappa shape index (κ3) is 4.43. The zero-order valence-corrected chi connectivity index (χ0v) is 13.3. The number of hydrogen-bond acceptors (Lipinski definition) is 4. The number of hydrogen-bond donors (Lipinski definition) is 2. The molecule has 1 aliphatic rings. The van der Waals surface area contributed by atoms with E-state index in [1.807, 2.05) is 13.0 Å². The minimum absolute atomic E-state index is 0.290. The van der Waals surface area contributed by atoms with E-state index in [1.165, 1.54) is 17.5 Å². The van der Waals surface area contributed by atoms with Crippen molar-refractivity contribution in [1.29, 1.82) is 0 Å². The molecule has 1 aliphatic carbocycles. The van der Waals surface area contributed by atoms with Crippen molar-refractivity contribution in [3.63, 3.8) is 0 Å². The molecule has 2 N–H and O–H groups in total. The molecule has 0 bridgehead atoms. The van der Waals surface area contributed by atoms with Crippen molar-refractivity contribution < 1.29 is 14.6 Å². The second-order valence-corrected chi connectivity index (χ2v) is 6.13. The van der Waals surface area contributed by atoms with E-state index >= 15 is 0 Å². The number of rotatable bonds is 7. The van der Waals surface area contributed by atoms with E-state index in [-0.39, 0.29) is 6.04 Å². The normalized spacial score (nSPS) is 20.7. The Balaban J connectivity index is 2.02. The second-order valence-electron chi connectivity index (χ2n) is 6.13. The lowest BCUT2D eigenvalue weighted by molar-refractivity contribution is 0.0222. The van der Waals surface area contributed by atoms with Gasteiger partial charge in [-0.3, -0.25) is 0 Å². The minimum Gasteiger partial charge on any atom is -0.497 e. The van der Waals surface area contributed by atoms with Crippen molar-refractivity contribution in [3.8, 4) is 5.75 Å².